The van der Waals surface area contributed by atoms with Crippen molar-refractivity contribution in [3.63, 3.8) is 0 Å². The fraction of sp³-hybridized carbons (Fsp3) is 0.857. The van der Waals surface area contributed by atoms with Gasteiger partial charge in [0.15, 0.2) is 0 Å². The third kappa shape index (κ3) is 2.52. The van der Waals surface area contributed by atoms with E-state index in [0.717, 1.165) is 19.3 Å². The average Bonchev–Trinajstić information content (AvgIpc) is 2.25. The summed E-state index contributed by atoms with van der Waals surface area (Å²) < 4.78 is 0. The van der Waals surface area contributed by atoms with E-state index in [0.29, 0.717) is 19.4 Å². The topological polar surface area (TPSA) is 57.6 Å². The van der Waals surface area contributed by atoms with Gasteiger partial charge in [-0.1, -0.05) is 27.7 Å². The van der Waals surface area contributed by atoms with Crippen molar-refractivity contribution in [1.29, 1.82) is 0 Å². The molecule has 4 nitrogen and oxygen atoms in total. The third-order valence-corrected chi connectivity index (χ3v) is 4.33. The van der Waals surface area contributed by atoms with Gasteiger partial charge in [-0.05, 0) is 37.0 Å². The molecule has 0 aromatic carbocycles. The van der Waals surface area contributed by atoms with Crippen LogP contribution in [-0.2, 0) is 9.59 Å². The number of hydrogen-bond acceptors (Lipinski definition) is 2. The van der Waals surface area contributed by atoms with Crippen molar-refractivity contribution in [2.75, 3.05) is 6.54 Å². The van der Waals surface area contributed by atoms with E-state index in [2.05, 4.69) is 13.8 Å². The van der Waals surface area contributed by atoms with E-state index in [-0.39, 0.29) is 11.3 Å². The molecule has 0 saturated heterocycles. The molecule has 0 bridgehead atoms. The molecular formula is C14H25NO3. The lowest BCUT2D eigenvalue weighted by atomic mass is 9.63. The van der Waals surface area contributed by atoms with Crippen molar-refractivity contribution in [2.45, 2.75) is 58.9 Å². The molecule has 0 aromatic rings. The standard InChI is InChI=1S/C14H25NO3/c1-5-8-15(10-16)14(12(17)18)7-6-13(3,4)9-11(14)2/h10-11H,5-9H2,1-4H3,(H,17,18). The lowest BCUT2D eigenvalue weighted by molar-refractivity contribution is -0.164. The van der Waals surface area contributed by atoms with E-state index in [9.17, 15) is 14.7 Å². The van der Waals surface area contributed by atoms with Gasteiger partial charge in [-0.2, -0.15) is 0 Å². The van der Waals surface area contributed by atoms with Crippen LogP contribution in [0.3, 0.4) is 0 Å². The summed E-state index contributed by atoms with van der Waals surface area (Å²) in [4.78, 5) is 24.6. The highest BCUT2D eigenvalue weighted by atomic mass is 16.4. The molecule has 1 amide bonds. The maximum absolute atomic E-state index is 11.8. The van der Waals surface area contributed by atoms with Crippen LogP contribution >= 0.6 is 0 Å². The van der Waals surface area contributed by atoms with Crippen LogP contribution in [0.15, 0.2) is 0 Å². The predicted octanol–water partition coefficient (Wildman–Crippen LogP) is 2.52. The molecule has 1 aliphatic carbocycles. The minimum atomic E-state index is -1.01. The third-order valence-electron chi connectivity index (χ3n) is 4.33. The zero-order valence-corrected chi connectivity index (χ0v) is 11.9. The molecule has 2 unspecified atom stereocenters. The molecule has 1 N–H and O–H groups in total. The molecular weight excluding hydrogens is 230 g/mol. The van der Waals surface area contributed by atoms with E-state index >= 15 is 0 Å². The highest BCUT2D eigenvalue weighted by molar-refractivity contribution is 5.82. The number of amides is 1. The fourth-order valence-electron chi connectivity index (χ4n) is 3.33. The second kappa shape index (κ2) is 5.29. The summed E-state index contributed by atoms with van der Waals surface area (Å²) in [6.45, 7) is 8.77. The van der Waals surface area contributed by atoms with Crippen LogP contribution in [-0.4, -0.2) is 34.5 Å². The number of rotatable bonds is 5. The molecule has 1 aliphatic rings. The zero-order valence-electron chi connectivity index (χ0n) is 11.9. The van der Waals surface area contributed by atoms with Gasteiger partial charge in [0.2, 0.25) is 6.41 Å². The normalized spacial score (nSPS) is 30.8. The summed E-state index contributed by atoms with van der Waals surface area (Å²) in [5.74, 6) is -0.874. The maximum atomic E-state index is 11.8. The van der Waals surface area contributed by atoms with Gasteiger partial charge in [0.1, 0.15) is 5.54 Å². The monoisotopic (exact) mass is 255 g/mol. The van der Waals surface area contributed by atoms with Crippen LogP contribution in [0.25, 0.3) is 0 Å². The summed E-state index contributed by atoms with van der Waals surface area (Å²) in [5.41, 5.74) is -0.841. The van der Waals surface area contributed by atoms with Gasteiger partial charge in [-0.3, -0.25) is 4.79 Å². The van der Waals surface area contributed by atoms with Gasteiger partial charge in [0.05, 0.1) is 0 Å². The Morgan fingerprint density at radius 3 is 2.44 bits per heavy atom. The summed E-state index contributed by atoms with van der Waals surface area (Å²) in [5, 5.41) is 9.66. The molecule has 0 spiro atoms. The molecule has 1 saturated carbocycles. The Morgan fingerprint density at radius 2 is 2.06 bits per heavy atom. The van der Waals surface area contributed by atoms with Gasteiger partial charge in [0.25, 0.3) is 0 Å². The number of hydrogen-bond donors (Lipinski definition) is 1. The van der Waals surface area contributed by atoms with Gasteiger partial charge in [-0.25, -0.2) is 4.79 Å². The van der Waals surface area contributed by atoms with Crippen LogP contribution in [0, 0.1) is 11.3 Å². The van der Waals surface area contributed by atoms with Crippen molar-refractivity contribution in [3.8, 4) is 0 Å². The maximum Gasteiger partial charge on any atom is 0.329 e. The van der Waals surface area contributed by atoms with E-state index < -0.39 is 11.5 Å². The zero-order chi connectivity index (χ0) is 14.0. The van der Waals surface area contributed by atoms with Gasteiger partial charge in [-0.15, -0.1) is 0 Å². The second-order valence-electron chi connectivity index (χ2n) is 6.30. The van der Waals surface area contributed by atoms with Gasteiger partial charge < -0.3 is 10.0 Å². The Bertz CT molecular complexity index is 327. The Balaban J connectivity index is 3.08. The van der Waals surface area contributed by atoms with E-state index in [1.165, 1.54) is 4.90 Å². The van der Waals surface area contributed by atoms with E-state index in [1.807, 2.05) is 13.8 Å². The van der Waals surface area contributed by atoms with Crippen LogP contribution in [0.4, 0.5) is 0 Å². The molecule has 0 aromatic heterocycles. The minimum absolute atomic E-state index is 0.0181. The SMILES string of the molecule is CCCN(C=O)C1(C(=O)O)CCC(C)(C)CC1C. The van der Waals surface area contributed by atoms with Crippen molar-refractivity contribution in [3.05, 3.63) is 0 Å². The molecule has 2 atom stereocenters. The number of carboxylic acids is 1. The number of nitrogens with zero attached hydrogens (tertiary/aromatic N) is 1. The van der Waals surface area contributed by atoms with Crippen LogP contribution in [0.2, 0.25) is 0 Å². The first kappa shape index (κ1) is 15.0. The second-order valence-corrected chi connectivity index (χ2v) is 6.30. The van der Waals surface area contributed by atoms with E-state index in [1.54, 1.807) is 0 Å². The largest absolute Gasteiger partial charge is 0.479 e. The van der Waals surface area contributed by atoms with Crippen LogP contribution in [0.1, 0.15) is 53.4 Å². The van der Waals surface area contributed by atoms with Crippen LogP contribution < -0.4 is 0 Å². The number of aliphatic carboxylic acids is 1. The molecule has 0 aliphatic heterocycles. The number of carbonyl (C=O) groups is 2. The summed E-state index contributed by atoms with van der Waals surface area (Å²) in [6, 6.07) is 0. The number of carboxylic acid groups (broad SMARTS) is 1. The van der Waals surface area contributed by atoms with Crippen molar-refractivity contribution >= 4 is 12.4 Å². The summed E-state index contributed by atoms with van der Waals surface area (Å²) in [6.07, 6.45) is 3.73. The molecule has 18 heavy (non-hydrogen) atoms. The first-order valence-electron chi connectivity index (χ1n) is 6.75. The van der Waals surface area contributed by atoms with Gasteiger partial charge in [0, 0.05) is 6.54 Å². The van der Waals surface area contributed by atoms with Crippen LogP contribution in [0.5, 0.6) is 0 Å². The summed E-state index contributed by atoms with van der Waals surface area (Å²) >= 11 is 0. The molecule has 104 valence electrons. The Morgan fingerprint density at radius 1 is 1.44 bits per heavy atom. The molecule has 1 rings (SSSR count). The minimum Gasteiger partial charge on any atom is -0.479 e. The number of carbonyl (C=O) groups excluding carboxylic acids is 1. The van der Waals surface area contributed by atoms with E-state index in [4.69, 9.17) is 0 Å². The Labute approximate surface area is 109 Å². The quantitative estimate of drug-likeness (QED) is 0.768. The molecule has 0 radical (unpaired) electrons. The predicted molar refractivity (Wildman–Crippen MR) is 70.2 cm³/mol. The average molecular weight is 255 g/mol. The highest BCUT2D eigenvalue weighted by Crippen LogP contribution is 2.46. The molecule has 4 heteroatoms. The first-order valence-corrected chi connectivity index (χ1v) is 6.75. The first-order chi connectivity index (χ1) is 8.30. The fourth-order valence-corrected chi connectivity index (χ4v) is 3.33. The molecule has 0 heterocycles. The summed E-state index contributed by atoms with van der Waals surface area (Å²) in [7, 11) is 0. The smallest absolute Gasteiger partial charge is 0.329 e. The lowest BCUT2D eigenvalue weighted by Crippen LogP contribution is -2.61. The van der Waals surface area contributed by atoms with Crippen molar-refractivity contribution in [1.82, 2.24) is 4.90 Å². The van der Waals surface area contributed by atoms with Gasteiger partial charge >= 0.3 is 5.97 Å². The van der Waals surface area contributed by atoms with Crippen molar-refractivity contribution < 1.29 is 14.7 Å². The lowest BCUT2D eigenvalue weighted by Gasteiger charge is -2.50. The highest BCUT2D eigenvalue weighted by Gasteiger charge is 2.52. The Kier molecular flexibility index (Phi) is 4.41. The van der Waals surface area contributed by atoms with Crippen molar-refractivity contribution in [2.24, 2.45) is 11.3 Å². The Hall–Kier alpha value is -1.06. The molecule has 1 fully saturated rings.